The van der Waals surface area contributed by atoms with E-state index in [4.69, 9.17) is 0 Å². The van der Waals surface area contributed by atoms with E-state index in [0.29, 0.717) is 23.7 Å². The lowest BCUT2D eigenvalue weighted by atomic mass is 9.97. The predicted octanol–water partition coefficient (Wildman–Crippen LogP) is 5.95. The number of carbonyl (C=O) groups excluding carboxylic acids is 2. The van der Waals surface area contributed by atoms with Gasteiger partial charge >= 0.3 is 0 Å². The number of piperidine rings is 1. The number of rotatable bonds is 11. The predicted molar refractivity (Wildman–Crippen MR) is 127 cm³/mol. The molecule has 2 aliphatic heterocycles. The van der Waals surface area contributed by atoms with Crippen LogP contribution < -0.4 is 0 Å². The highest BCUT2D eigenvalue weighted by atomic mass is 16.2. The minimum Gasteiger partial charge on any atom is -0.366 e. The molecule has 1 saturated heterocycles. The molecule has 1 fully saturated rings. The van der Waals surface area contributed by atoms with E-state index in [-0.39, 0.29) is 11.8 Å². The third-order valence-electron chi connectivity index (χ3n) is 6.82. The number of imide groups is 1. The maximum Gasteiger partial charge on any atom is 0.277 e. The van der Waals surface area contributed by atoms with Gasteiger partial charge < -0.3 is 4.90 Å². The first-order valence-corrected chi connectivity index (χ1v) is 12.5. The summed E-state index contributed by atoms with van der Waals surface area (Å²) in [5.74, 6) is 0.490. The van der Waals surface area contributed by atoms with Gasteiger partial charge in [0.15, 0.2) is 0 Å². The van der Waals surface area contributed by atoms with Crippen molar-refractivity contribution < 1.29 is 9.59 Å². The van der Waals surface area contributed by atoms with Crippen LogP contribution in [-0.2, 0) is 9.59 Å². The summed E-state index contributed by atoms with van der Waals surface area (Å²) in [5.41, 5.74) is 3.28. The maximum absolute atomic E-state index is 13.4. The molecule has 4 heteroatoms. The van der Waals surface area contributed by atoms with Crippen LogP contribution in [0.25, 0.3) is 5.57 Å². The Labute approximate surface area is 188 Å². The van der Waals surface area contributed by atoms with Crippen LogP contribution >= 0.6 is 0 Å². The van der Waals surface area contributed by atoms with E-state index < -0.39 is 0 Å². The Morgan fingerprint density at radius 1 is 0.839 bits per heavy atom. The standard InChI is InChI=1S/C27H40N2O2/c1-4-5-6-7-8-9-10-11-18-29-26(30)24(23-14-12-21(2)13-15-23)25(27(29)31)28-19-16-22(3)17-20-28/h12-15,22H,4-11,16-20H2,1-3H3. The maximum atomic E-state index is 13.4. The van der Waals surface area contributed by atoms with Crippen molar-refractivity contribution in [1.82, 2.24) is 9.80 Å². The Balaban J connectivity index is 1.67. The molecule has 0 saturated carbocycles. The van der Waals surface area contributed by atoms with E-state index in [1.807, 2.05) is 31.2 Å². The molecule has 2 amide bonds. The molecule has 0 unspecified atom stereocenters. The molecule has 170 valence electrons. The van der Waals surface area contributed by atoms with Crippen molar-refractivity contribution in [3.05, 3.63) is 41.1 Å². The van der Waals surface area contributed by atoms with E-state index in [2.05, 4.69) is 18.7 Å². The average molecular weight is 425 g/mol. The van der Waals surface area contributed by atoms with Crippen molar-refractivity contribution in [3.8, 4) is 0 Å². The van der Waals surface area contributed by atoms with Crippen LogP contribution in [0.3, 0.4) is 0 Å². The molecule has 3 rings (SSSR count). The highest BCUT2D eigenvalue weighted by Gasteiger charge is 2.41. The zero-order chi connectivity index (χ0) is 22.2. The van der Waals surface area contributed by atoms with Gasteiger partial charge in [0.25, 0.3) is 11.8 Å². The number of aryl methyl sites for hydroxylation is 1. The molecule has 4 nitrogen and oxygen atoms in total. The molecule has 1 aromatic carbocycles. The molecule has 2 heterocycles. The second-order valence-corrected chi connectivity index (χ2v) is 9.50. The molecule has 0 bridgehead atoms. The molecule has 1 aromatic rings. The van der Waals surface area contributed by atoms with E-state index in [1.54, 1.807) is 0 Å². The SMILES string of the molecule is CCCCCCCCCCN1C(=O)C(c2ccc(C)cc2)=C(N2CCC(C)CC2)C1=O. The van der Waals surface area contributed by atoms with Crippen LogP contribution in [0.2, 0.25) is 0 Å². The van der Waals surface area contributed by atoms with Gasteiger partial charge in [-0.2, -0.15) is 0 Å². The van der Waals surface area contributed by atoms with E-state index >= 15 is 0 Å². The lowest BCUT2D eigenvalue weighted by Crippen LogP contribution is -2.38. The summed E-state index contributed by atoms with van der Waals surface area (Å²) in [6.07, 6.45) is 11.8. The molecule has 0 aromatic heterocycles. The van der Waals surface area contributed by atoms with Crippen molar-refractivity contribution in [2.45, 2.75) is 85.0 Å². The second-order valence-electron chi connectivity index (χ2n) is 9.50. The zero-order valence-corrected chi connectivity index (χ0v) is 19.8. The quantitative estimate of drug-likeness (QED) is 0.326. The van der Waals surface area contributed by atoms with Gasteiger partial charge in [-0.25, -0.2) is 0 Å². The topological polar surface area (TPSA) is 40.6 Å². The highest BCUT2D eigenvalue weighted by Crippen LogP contribution is 2.34. The van der Waals surface area contributed by atoms with Gasteiger partial charge in [0.2, 0.25) is 0 Å². The third-order valence-corrected chi connectivity index (χ3v) is 6.82. The van der Waals surface area contributed by atoms with Crippen molar-refractivity contribution in [2.24, 2.45) is 5.92 Å². The first-order chi connectivity index (χ1) is 15.0. The number of hydrogen-bond donors (Lipinski definition) is 0. The van der Waals surface area contributed by atoms with Gasteiger partial charge in [-0.1, -0.05) is 88.6 Å². The number of benzene rings is 1. The number of hydrogen-bond acceptors (Lipinski definition) is 3. The Morgan fingerprint density at radius 2 is 1.42 bits per heavy atom. The van der Waals surface area contributed by atoms with Crippen LogP contribution in [-0.4, -0.2) is 41.2 Å². The largest absolute Gasteiger partial charge is 0.366 e. The smallest absolute Gasteiger partial charge is 0.277 e. The van der Waals surface area contributed by atoms with Crippen molar-refractivity contribution in [2.75, 3.05) is 19.6 Å². The molecule has 0 aliphatic carbocycles. The normalized spacial score (nSPS) is 17.9. The van der Waals surface area contributed by atoms with E-state index in [9.17, 15) is 9.59 Å². The molecule has 2 aliphatic rings. The summed E-state index contributed by atoms with van der Waals surface area (Å²) in [4.78, 5) is 30.5. The van der Waals surface area contributed by atoms with Gasteiger partial charge in [0, 0.05) is 19.6 Å². The van der Waals surface area contributed by atoms with E-state index in [1.165, 1.54) is 43.4 Å². The number of unbranched alkanes of at least 4 members (excludes halogenated alkanes) is 7. The Bertz CT molecular complexity index is 773. The average Bonchev–Trinajstić information content (AvgIpc) is 3.01. The monoisotopic (exact) mass is 424 g/mol. The third kappa shape index (κ3) is 5.99. The van der Waals surface area contributed by atoms with E-state index in [0.717, 1.165) is 49.9 Å². The van der Waals surface area contributed by atoms with Gasteiger partial charge in [0.1, 0.15) is 5.70 Å². The van der Waals surface area contributed by atoms with Crippen LogP contribution in [0.1, 0.15) is 89.2 Å². The first-order valence-electron chi connectivity index (χ1n) is 12.5. The second kappa shape index (κ2) is 11.5. The summed E-state index contributed by atoms with van der Waals surface area (Å²) < 4.78 is 0. The fourth-order valence-corrected chi connectivity index (χ4v) is 4.68. The fourth-order valence-electron chi connectivity index (χ4n) is 4.68. The summed E-state index contributed by atoms with van der Waals surface area (Å²) in [6, 6.07) is 8.03. The number of carbonyl (C=O) groups is 2. The van der Waals surface area contributed by atoms with Gasteiger partial charge in [-0.3, -0.25) is 14.5 Å². The molecule has 31 heavy (non-hydrogen) atoms. The van der Waals surface area contributed by atoms with Crippen molar-refractivity contribution in [1.29, 1.82) is 0 Å². The Kier molecular flexibility index (Phi) is 8.74. The summed E-state index contributed by atoms with van der Waals surface area (Å²) in [6.45, 7) is 8.80. The zero-order valence-electron chi connectivity index (χ0n) is 19.8. The minimum absolute atomic E-state index is 0.0851. The van der Waals surface area contributed by atoms with Crippen LogP contribution in [0.5, 0.6) is 0 Å². The van der Waals surface area contributed by atoms with Crippen molar-refractivity contribution >= 4 is 17.4 Å². The molecule has 0 N–H and O–H groups in total. The number of likely N-dealkylation sites (tertiary alicyclic amines) is 1. The lowest BCUT2D eigenvalue weighted by molar-refractivity contribution is -0.137. The highest BCUT2D eigenvalue weighted by molar-refractivity contribution is 6.35. The lowest BCUT2D eigenvalue weighted by Gasteiger charge is -2.32. The summed E-state index contributed by atoms with van der Waals surface area (Å²) in [5, 5.41) is 0. The van der Waals surface area contributed by atoms with Crippen LogP contribution in [0, 0.1) is 12.8 Å². The number of nitrogens with zero attached hydrogens (tertiary/aromatic N) is 2. The molecule has 0 radical (unpaired) electrons. The number of amides is 2. The van der Waals surface area contributed by atoms with Gasteiger partial charge in [-0.15, -0.1) is 0 Å². The van der Waals surface area contributed by atoms with Crippen LogP contribution in [0.15, 0.2) is 30.0 Å². The molecule has 0 spiro atoms. The fraction of sp³-hybridized carbons (Fsp3) is 0.630. The van der Waals surface area contributed by atoms with Gasteiger partial charge in [0.05, 0.1) is 5.57 Å². The van der Waals surface area contributed by atoms with Crippen molar-refractivity contribution in [3.63, 3.8) is 0 Å². The molecular formula is C27H40N2O2. The minimum atomic E-state index is -0.106. The Morgan fingerprint density at radius 3 is 2.03 bits per heavy atom. The molecular weight excluding hydrogens is 384 g/mol. The summed E-state index contributed by atoms with van der Waals surface area (Å²) >= 11 is 0. The molecule has 0 atom stereocenters. The first kappa shape index (κ1) is 23.6. The van der Waals surface area contributed by atoms with Gasteiger partial charge in [-0.05, 0) is 37.7 Å². The Hall–Kier alpha value is -2.10. The summed E-state index contributed by atoms with van der Waals surface area (Å²) in [7, 11) is 0. The van der Waals surface area contributed by atoms with Crippen LogP contribution in [0.4, 0.5) is 0 Å².